The lowest BCUT2D eigenvalue weighted by molar-refractivity contribution is -0.00664. The van der Waals surface area contributed by atoms with Gasteiger partial charge >= 0.3 is 0 Å². The summed E-state index contributed by atoms with van der Waals surface area (Å²) in [6, 6.07) is 1.77. The zero-order valence-corrected chi connectivity index (χ0v) is 10.7. The van der Waals surface area contributed by atoms with E-state index < -0.39 is 6.10 Å². The molecule has 1 aromatic rings. The highest BCUT2D eigenvalue weighted by Gasteiger charge is 2.14. The third kappa shape index (κ3) is 3.75. The van der Waals surface area contributed by atoms with Gasteiger partial charge in [0.25, 0.3) is 5.91 Å². The maximum atomic E-state index is 11.6. The molecule has 0 aromatic carbocycles. The Morgan fingerprint density at radius 2 is 2.44 bits per heavy atom. The van der Waals surface area contributed by atoms with Crippen molar-refractivity contribution >= 4 is 28.8 Å². The van der Waals surface area contributed by atoms with Crippen molar-refractivity contribution in [2.75, 3.05) is 6.61 Å². The van der Waals surface area contributed by atoms with Crippen LogP contribution in [0.1, 0.15) is 28.4 Å². The molecular formula is C10H14ClNO3S. The molecule has 1 atom stereocenters. The van der Waals surface area contributed by atoms with Gasteiger partial charge in [-0.2, -0.15) is 0 Å². The summed E-state index contributed by atoms with van der Waals surface area (Å²) in [5, 5.41) is 9.36. The highest BCUT2D eigenvalue weighted by atomic mass is 35.5. The zero-order valence-electron chi connectivity index (χ0n) is 9.12. The summed E-state index contributed by atoms with van der Waals surface area (Å²) in [6.45, 7) is 3.61. The zero-order chi connectivity index (χ0) is 12.1. The van der Waals surface area contributed by atoms with E-state index in [0.29, 0.717) is 9.90 Å². The molecule has 1 amide bonds. The summed E-state index contributed by atoms with van der Waals surface area (Å²) in [7, 11) is 0. The van der Waals surface area contributed by atoms with E-state index in [-0.39, 0.29) is 12.5 Å². The molecule has 0 aliphatic heterocycles. The number of amides is 1. The minimum Gasteiger partial charge on any atom is -0.391 e. The number of hydrogen-bond donors (Lipinski definition) is 2. The van der Waals surface area contributed by atoms with Crippen molar-refractivity contribution < 1.29 is 14.7 Å². The topological polar surface area (TPSA) is 58.6 Å². The molecule has 1 aromatic heterocycles. The van der Waals surface area contributed by atoms with E-state index in [9.17, 15) is 4.79 Å². The molecule has 0 aliphatic rings. The Morgan fingerprint density at radius 1 is 1.75 bits per heavy atom. The molecule has 1 heterocycles. The minimum atomic E-state index is -0.620. The van der Waals surface area contributed by atoms with Crippen LogP contribution in [0, 0.1) is 0 Å². The van der Waals surface area contributed by atoms with Gasteiger partial charge in [0.1, 0.15) is 11.5 Å². The molecule has 0 unspecified atom stereocenters. The third-order valence-corrected chi connectivity index (χ3v) is 3.47. The fourth-order valence-corrected chi connectivity index (χ4v) is 2.29. The number of nitrogens with one attached hydrogen (secondary N) is 1. The molecule has 4 nitrogen and oxygen atoms in total. The standard InChI is InChI=1S/C10H14ClNO3S/c1-3-7-4-8(11)9(16-7)10(14)12-15-5-6(2)13/h4,6,13H,3,5H2,1-2H3,(H,12,14)/t6-/m1/s1. The average Bonchev–Trinajstić information content (AvgIpc) is 2.59. The molecule has 0 spiro atoms. The van der Waals surface area contributed by atoms with Crippen molar-refractivity contribution in [3.63, 3.8) is 0 Å². The van der Waals surface area contributed by atoms with Crippen LogP contribution in [0.15, 0.2) is 6.07 Å². The number of hydroxylamine groups is 1. The van der Waals surface area contributed by atoms with Gasteiger partial charge in [0.05, 0.1) is 11.1 Å². The Labute approximate surface area is 103 Å². The summed E-state index contributed by atoms with van der Waals surface area (Å²) in [5.41, 5.74) is 2.24. The van der Waals surface area contributed by atoms with Crippen molar-refractivity contribution in [1.82, 2.24) is 5.48 Å². The minimum absolute atomic E-state index is 0.0510. The number of halogens is 1. The van der Waals surface area contributed by atoms with Gasteiger partial charge in [-0.15, -0.1) is 11.3 Å². The van der Waals surface area contributed by atoms with Gasteiger partial charge in [-0.05, 0) is 19.4 Å². The van der Waals surface area contributed by atoms with Crippen LogP contribution in [0.2, 0.25) is 5.02 Å². The van der Waals surface area contributed by atoms with Crippen LogP contribution in [-0.2, 0) is 11.3 Å². The van der Waals surface area contributed by atoms with Gasteiger partial charge in [0.2, 0.25) is 0 Å². The van der Waals surface area contributed by atoms with Crippen LogP contribution >= 0.6 is 22.9 Å². The van der Waals surface area contributed by atoms with Gasteiger partial charge in [-0.1, -0.05) is 18.5 Å². The predicted octanol–water partition coefficient (Wildman–Crippen LogP) is 2.01. The lowest BCUT2D eigenvalue weighted by Crippen LogP contribution is -2.26. The lowest BCUT2D eigenvalue weighted by atomic mass is 10.3. The molecular weight excluding hydrogens is 250 g/mol. The van der Waals surface area contributed by atoms with E-state index in [1.807, 2.05) is 6.92 Å². The lowest BCUT2D eigenvalue weighted by Gasteiger charge is -2.06. The van der Waals surface area contributed by atoms with Gasteiger partial charge in [-0.25, -0.2) is 5.48 Å². The van der Waals surface area contributed by atoms with E-state index in [1.165, 1.54) is 11.3 Å². The normalized spacial score (nSPS) is 12.5. The second-order valence-corrected chi connectivity index (χ2v) is 4.88. The Kier molecular flexibility index (Phi) is 5.21. The summed E-state index contributed by atoms with van der Waals surface area (Å²) in [6.07, 6.45) is 0.219. The van der Waals surface area contributed by atoms with Crippen molar-refractivity contribution in [3.8, 4) is 0 Å². The molecule has 0 fully saturated rings. The Balaban J connectivity index is 2.55. The van der Waals surface area contributed by atoms with Gasteiger partial charge in [-0.3, -0.25) is 9.63 Å². The molecule has 90 valence electrons. The predicted molar refractivity (Wildman–Crippen MR) is 63.8 cm³/mol. The van der Waals surface area contributed by atoms with Gasteiger partial charge < -0.3 is 5.11 Å². The third-order valence-electron chi connectivity index (χ3n) is 1.78. The number of aryl methyl sites for hydroxylation is 1. The first-order valence-corrected chi connectivity index (χ1v) is 6.12. The van der Waals surface area contributed by atoms with Crippen molar-refractivity contribution in [3.05, 3.63) is 20.8 Å². The number of hydrogen-bond acceptors (Lipinski definition) is 4. The highest BCUT2D eigenvalue weighted by molar-refractivity contribution is 7.14. The molecule has 0 aliphatic carbocycles. The summed E-state index contributed by atoms with van der Waals surface area (Å²) in [5.74, 6) is -0.379. The van der Waals surface area contributed by atoms with Crippen LogP contribution < -0.4 is 5.48 Å². The number of thiophene rings is 1. The molecule has 0 bridgehead atoms. The van der Waals surface area contributed by atoms with E-state index in [2.05, 4.69) is 5.48 Å². The van der Waals surface area contributed by atoms with Crippen molar-refractivity contribution in [1.29, 1.82) is 0 Å². The first-order valence-electron chi connectivity index (χ1n) is 4.93. The fourth-order valence-electron chi connectivity index (χ4n) is 1.02. The second-order valence-electron chi connectivity index (χ2n) is 3.33. The van der Waals surface area contributed by atoms with Gasteiger partial charge in [0, 0.05) is 4.88 Å². The first kappa shape index (κ1) is 13.4. The van der Waals surface area contributed by atoms with Crippen LogP contribution in [0.5, 0.6) is 0 Å². The molecule has 0 radical (unpaired) electrons. The molecule has 6 heteroatoms. The molecule has 0 saturated carbocycles. The van der Waals surface area contributed by atoms with Crippen LogP contribution in [0.4, 0.5) is 0 Å². The van der Waals surface area contributed by atoms with Crippen LogP contribution in [0.3, 0.4) is 0 Å². The molecule has 16 heavy (non-hydrogen) atoms. The first-order chi connectivity index (χ1) is 7.54. The quantitative estimate of drug-likeness (QED) is 0.799. The number of aliphatic hydroxyl groups is 1. The average molecular weight is 264 g/mol. The molecule has 2 N–H and O–H groups in total. The maximum Gasteiger partial charge on any atom is 0.286 e. The number of aliphatic hydroxyl groups excluding tert-OH is 1. The Morgan fingerprint density at radius 3 is 2.94 bits per heavy atom. The Hall–Kier alpha value is -0.620. The van der Waals surface area contributed by atoms with E-state index in [4.69, 9.17) is 21.5 Å². The summed E-state index contributed by atoms with van der Waals surface area (Å²) < 4.78 is 0. The number of carbonyl (C=O) groups is 1. The van der Waals surface area contributed by atoms with Crippen LogP contribution in [-0.4, -0.2) is 23.7 Å². The monoisotopic (exact) mass is 263 g/mol. The SMILES string of the molecule is CCc1cc(Cl)c(C(=O)NOC[C@@H](C)O)s1. The van der Waals surface area contributed by atoms with Crippen molar-refractivity contribution in [2.24, 2.45) is 0 Å². The van der Waals surface area contributed by atoms with Gasteiger partial charge in [0.15, 0.2) is 0 Å². The highest BCUT2D eigenvalue weighted by Crippen LogP contribution is 2.27. The van der Waals surface area contributed by atoms with Crippen LogP contribution in [0.25, 0.3) is 0 Å². The van der Waals surface area contributed by atoms with E-state index in [1.54, 1.807) is 13.0 Å². The largest absolute Gasteiger partial charge is 0.391 e. The smallest absolute Gasteiger partial charge is 0.286 e. The maximum absolute atomic E-state index is 11.6. The van der Waals surface area contributed by atoms with E-state index >= 15 is 0 Å². The Bertz CT molecular complexity index is 365. The van der Waals surface area contributed by atoms with E-state index in [0.717, 1.165) is 11.3 Å². The summed E-state index contributed by atoms with van der Waals surface area (Å²) >= 11 is 7.24. The summed E-state index contributed by atoms with van der Waals surface area (Å²) in [4.78, 5) is 17.9. The fraction of sp³-hybridized carbons (Fsp3) is 0.500. The second kappa shape index (κ2) is 6.20. The number of rotatable bonds is 5. The molecule has 1 rings (SSSR count). The molecule has 0 saturated heterocycles. The number of carbonyl (C=O) groups excluding carboxylic acids is 1. The van der Waals surface area contributed by atoms with Crippen molar-refractivity contribution in [2.45, 2.75) is 26.4 Å².